The van der Waals surface area contributed by atoms with Gasteiger partial charge >= 0.3 is 0 Å². The maximum absolute atomic E-state index is 4.74. The molecule has 0 amide bonds. The molecule has 0 fully saturated rings. The number of hydrogen-bond donors (Lipinski definition) is 0. The molecule has 18 heavy (non-hydrogen) atoms. The van der Waals surface area contributed by atoms with Crippen molar-refractivity contribution in [3.05, 3.63) is 64.6 Å². The zero-order chi connectivity index (χ0) is 12.5. The van der Waals surface area contributed by atoms with Crippen molar-refractivity contribution in [3.8, 4) is 11.3 Å². The molecule has 0 N–H and O–H groups in total. The van der Waals surface area contributed by atoms with Gasteiger partial charge in [0.25, 0.3) is 0 Å². The molecule has 0 saturated heterocycles. The van der Waals surface area contributed by atoms with Gasteiger partial charge in [-0.2, -0.15) is 0 Å². The van der Waals surface area contributed by atoms with E-state index >= 15 is 0 Å². The van der Waals surface area contributed by atoms with Gasteiger partial charge in [-0.05, 0) is 24.6 Å². The third-order valence-electron chi connectivity index (χ3n) is 3.09. The van der Waals surface area contributed by atoms with Crippen LogP contribution in [0.25, 0.3) is 22.2 Å². The van der Waals surface area contributed by atoms with Gasteiger partial charge in [0.2, 0.25) is 0 Å². The first-order valence-electron chi connectivity index (χ1n) is 5.87. The number of aromatic nitrogens is 1. The molecule has 1 aromatic heterocycles. The molecule has 0 bridgehead atoms. The van der Waals surface area contributed by atoms with E-state index in [1.54, 1.807) is 0 Å². The van der Waals surface area contributed by atoms with Crippen molar-refractivity contribution in [1.29, 1.82) is 0 Å². The fourth-order valence-electron chi connectivity index (χ4n) is 2.13. The van der Waals surface area contributed by atoms with Crippen molar-refractivity contribution in [1.82, 2.24) is 4.98 Å². The molecule has 88 valence electrons. The number of para-hydroxylation sites is 1. The molecule has 3 rings (SSSR count). The van der Waals surface area contributed by atoms with Crippen LogP contribution < -0.4 is 0 Å². The highest BCUT2D eigenvalue weighted by molar-refractivity contribution is 9.10. The first-order chi connectivity index (χ1) is 8.75. The standard InChI is InChI=1S/C16H12BrN/c1-11-6-2-3-7-12(11)16-10-14(17)13-8-4-5-9-15(13)18-16/h2-10H,1H3. The Bertz CT molecular complexity index is 719. The van der Waals surface area contributed by atoms with Crippen molar-refractivity contribution in [3.63, 3.8) is 0 Å². The average molecular weight is 298 g/mol. The van der Waals surface area contributed by atoms with Gasteiger partial charge in [-0.1, -0.05) is 58.4 Å². The molecule has 0 atom stereocenters. The minimum Gasteiger partial charge on any atom is -0.248 e. The van der Waals surface area contributed by atoms with Gasteiger partial charge in [-0.3, -0.25) is 0 Å². The highest BCUT2D eigenvalue weighted by atomic mass is 79.9. The van der Waals surface area contributed by atoms with Crippen LogP contribution in [0.2, 0.25) is 0 Å². The quantitative estimate of drug-likeness (QED) is 0.618. The predicted molar refractivity (Wildman–Crippen MR) is 79.6 cm³/mol. The Balaban J connectivity index is 2.28. The number of pyridine rings is 1. The highest BCUT2D eigenvalue weighted by Gasteiger charge is 2.06. The summed E-state index contributed by atoms with van der Waals surface area (Å²) in [6.07, 6.45) is 0. The Hall–Kier alpha value is -1.67. The van der Waals surface area contributed by atoms with Gasteiger partial charge < -0.3 is 0 Å². The number of rotatable bonds is 1. The van der Waals surface area contributed by atoms with Crippen LogP contribution in [-0.2, 0) is 0 Å². The Kier molecular flexibility index (Phi) is 2.88. The summed E-state index contributed by atoms with van der Waals surface area (Å²) in [5.74, 6) is 0. The Labute approximate surface area is 115 Å². The fourth-order valence-corrected chi connectivity index (χ4v) is 2.68. The van der Waals surface area contributed by atoms with Gasteiger partial charge in [0.1, 0.15) is 0 Å². The molecule has 0 spiro atoms. The molecule has 1 heterocycles. The van der Waals surface area contributed by atoms with E-state index in [9.17, 15) is 0 Å². The number of nitrogens with zero attached hydrogens (tertiary/aromatic N) is 1. The van der Waals surface area contributed by atoms with E-state index < -0.39 is 0 Å². The van der Waals surface area contributed by atoms with Crippen LogP contribution in [0.3, 0.4) is 0 Å². The molecule has 2 heteroatoms. The highest BCUT2D eigenvalue weighted by Crippen LogP contribution is 2.29. The normalized spacial score (nSPS) is 10.8. The summed E-state index contributed by atoms with van der Waals surface area (Å²) in [4.78, 5) is 4.74. The molecular weight excluding hydrogens is 286 g/mol. The zero-order valence-electron chi connectivity index (χ0n) is 10.0. The Morgan fingerprint density at radius 2 is 1.67 bits per heavy atom. The number of fused-ring (bicyclic) bond motifs is 1. The summed E-state index contributed by atoms with van der Waals surface area (Å²) < 4.78 is 1.09. The number of halogens is 1. The lowest BCUT2D eigenvalue weighted by atomic mass is 10.0. The molecule has 0 saturated carbocycles. The van der Waals surface area contributed by atoms with Crippen LogP contribution in [0, 0.1) is 6.92 Å². The second-order valence-electron chi connectivity index (χ2n) is 4.32. The SMILES string of the molecule is Cc1ccccc1-c1cc(Br)c2ccccc2n1. The third-order valence-corrected chi connectivity index (χ3v) is 3.74. The number of aryl methyl sites for hydroxylation is 1. The van der Waals surface area contributed by atoms with E-state index in [1.807, 2.05) is 24.3 Å². The molecule has 0 aliphatic carbocycles. The lowest BCUT2D eigenvalue weighted by Gasteiger charge is -2.08. The molecular formula is C16H12BrN. The molecule has 0 aliphatic rings. The first-order valence-corrected chi connectivity index (χ1v) is 6.66. The minimum absolute atomic E-state index is 1.01. The topological polar surface area (TPSA) is 12.9 Å². The maximum atomic E-state index is 4.74. The molecule has 0 radical (unpaired) electrons. The molecule has 0 unspecified atom stereocenters. The van der Waals surface area contributed by atoms with Gasteiger partial charge in [0, 0.05) is 15.4 Å². The average Bonchev–Trinajstić information content (AvgIpc) is 2.39. The van der Waals surface area contributed by atoms with Crippen LogP contribution in [0.15, 0.2) is 59.1 Å². The maximum Gasteiger partial charge on any atom is 0.0723 e. The summed E-state index contributed by atoms with van der Waals surface area (Å²) >= 11 is 3.63. The smallest absolute Gasteiger partial charge is 0.0723 e. The van der Waals surface area contributed by atoms with E-state index in [0.717, 1.165) is 21.1 Å². The minimum atomic E-state index is 1.01. The van der Waals surface area contributed by atoms with E-state index in [0.29, 0.717) is 0 Å². The van der Waals surface area contributed by atoms with Crippen LogP contribution in [-0.4, -0.2) is 4.98 Å². The van der Waals surface area contributed by atoms with E-state index in [2.05, 4.69) is 53.2 Å². The summed E-state index contributed by atoms with van der Waals surface area (Å²) in [6, 6.07) is 18.6. The summed E-state index contributed by atoms with van der Waals surface area (Å²) in [5.41, 5.74) is 4.46. The van der Waals surface area contributed by atoms with Crippen LogP contribution in [0.1, 0.15) is 5.56 Å². The van der Waals surface area contributed by atoms with Gasteiger partial charge in [0.05, 0.1) is 11.2 Å². The largest absolute Gasteiger partial charge is 0.248 e. The second kappa shape index (κ2) is 4.54. The Morgan fingerprint density at radius 3 is 2.50 bits per heavy atom. The molecule has 0 aliphatic heterocycles. The predicted octanol–water partition coefficient (Wildman–Crippen LogP) is 4.97. The lowest BCUT2D eigenvalue weighted by molar-refractivity contribution is 1.35. The van der Waals surface area contributed by atoms with Crippen LogP contribution >= 0.6 is 15.9 Å². The first kappa shape index (κ1) is 11.4. The van der Waals surface area contributed by atoms with Gasteiger partial charge in [-0.15, -0.1) is 0 Å². The van der Waals surface area contributed by atoms with E-state index in [1.165, 1.54) is 11.1 Å². The molecule has 2 aromatic carbocycles. The van der Waals surface area contributed by atoms with Crippen molar-refractivity contribution < 1.29 is 0 Å². The van der Waals surface area contributed by atoms with Gasteiger partial charge in [0.15, 0.2) is 0 Å². The Morgan fingerprint density at radius 1 is 0.944 bits per heavy atom. The summed E-state index contributed by atoms with van der Waals surface area (Å²) in [5, 5.41) is 1.15. The monoisotopic (exact) mass is 297 g/mol. The number of benzene rings is 2. The number of hydrogen-bond acceptors (Lipinski definition) is 1. The second-order valence-corrected chi connectivity index (χ2v) is 5.18. The fraction of sp³-hybridized carbons (Fsp3) is 0.0625. The lowest BCUT2D eigenvalue weighted by Crippen LogP contribution is -1.89. The van der Waals surface area contributed by atoms with E-state index in [4.69, 9.17) is 4.98 Å². The van der Waals surface area contributed by atoms with Crippen molar-refractivity contribution in [2.24, 2.45) is 0 Å². The summed E-state index contributed by atoms with van der Waals surface area (Å²) in [7, 11) is 0. The van der Waals surface area contributed by atoms with Crippen LogP contribution in [0.5, 0.6) is 0 Å². The van der Waals surface area contributed by atoms with Crippen LogP contribution in [0.4, 0.5) is 0 Å². The van der Waals surface area contributed by atoms with Crippen molar-refractivity contribution in [2.45, 2.75) is 6.92 Å². The zero-order valence-corrected chi connectivity index (χ0v) is 11.6. The van der Waals surface area contributed by atoms with Crippen molar-refractivity contribution in [2.75, 3.05) is 0 Å². The molecule has 3 aromatic rings. The third kappa shape index (κ3) is 1.93. The van der Waals surface area contributed by atoms with Gasteiger partial charge in [-0.25, -0.2) is 4.98 Å². The summed E-state index contributed by atoms with van der Waals surface area (Å²) in [6.45, 7) is 2.11. The molecule has 1 nitrogen and oxygen atoms in total. The van der Waals surface area contributed by atoms with Crippen molar-refractivity contribution >= 4 is 26.8 Å². The van der Waals surface area contributed by atoms with E-state index in [-0.39, 0.29) is 0 Å².